The molecule has 0 bridgehead atoms. The molecule has 1 heterocycles. The van der Waals surface area contributed by atoms with E-state index in [2.05, 4.69) is 5.10 Å². The van der Waals surface area contributed by atoms with Crippen LogP contribution in [0.15, 0.2) is 18.2 Å². The highest BCUT2D eigenvalue weighted by Gasteiger charge is 2.50. The number of hydrogen-bond donors (Lipinski definition) is 1. The van der Waals surface area contributed by atoms with Gasteiger partial charge in [-0.25, -0.2) is 18.3 Å². The van der Waals surface area contributed by atoms with Gasteiger partial charge in [-0.15, -0.1) is 0 Å². The van der Waals surface area contributed by atoms with Crippen LogP contribution >= 0.6 is 0 Å². The number of benzene rings is 1. The van der Waals surface area contributed by atoms with Crippen LogP contribution in [0.1, 0.15) is 34.1 Å². The number of fused-ring (bicyclic) bond motifs is 3. The Hall–Kier alpha value is -2.24. The van der Waals surface area contributed by atoms with Crippen LogP contribution in [0.5, 0.6) is 0 Å². The summed E-state index contributed by atoms with van der Waals surface area (Å²) in [5.74, 6) is -1.82. The SMILES string of the molecule is O=C(O)c1nn(-c2ccc(F)cc2F)c2c1C1CC1C2. The molecule has 2 aromatic rings. The normalized spacial score (nSPS) is 22.5. The molecule has 102 valence electrons. The number of halogens is 2. The maximum absolute atomic E-state index is 13.9. The fraction of sp³-hybridized carbons (Fsp3) is 0.286. The van der Waals surface area contributed by atoms with Crippen LogP contribution in [0.2, 0.25) is 0 Å². The Morgan fingerprint density at radius 1 is 1.40 bits per heavy atom. The van der Waals surface area contributed by atoms with Gasteiger partial charge in [0.2, 0.25) is 0 Å². The third-order valence-electron chi connectivity index (χ3n) is 4.11. The first-order valence-corrected chi connectivity index (χ1v) is 6.36. The van der Waals surface area contributed by atoms with Crippen LogP contribution in [0.4, 0.5) is 8.78 Å². The second-order valence-corrected chi connectivity index (χ2v) is 5.33. The summed E-state index contributed by atoms with van der Waals surface area (Å²) in [7, 11) is 0. The lowest BCUT2D eigenvalue weighted by Gasteiger charge is -2.07. The van der Waals surface area contributed by atoms with Gasteiger partial charge in [0.25, 0.3) is 0 Å². The van der Waals surface area contributed by atoms with Gasteiger partial charge in [0.15, 0.2) is 11.5 Å². The minimum atomic E-state index is -1.10. The van der Waals surface area contributed by atoms with Crippen LogP contribution in [0.3, 0.4) is 0 Å². The minimum absolute atomic E-state index is 0.00581. The summed E-state index contributed by atoms with van der Waals surface area (Å²) in [6.07, 6.45) is 1.68. The molecule has 4 rings (SSSR count). The quantitative estimate of drug-likeness (QED) is 0.917. The van der Waals surface area contributed by atoms with Gasteiger partial charge < -0.3 is 5.11 Å². The third kappa shape index (κ3) is 1.44. The van der Waals surface area contributed by atoms with Crippen molar-refractivity contribution in [3.05, 3.63) is 46.8 Å². The Morgan fingerprint density at radius 3 is 2.90 bits per heavy atom. The average Bonchev–Trinajstić information content (AvgIpc) is 2.89. The summed E-state index contributed by atoms with van der Waals surface area (Å²) in [5, 5.41) is 13.3. The molecule has 20 heavy (non-hydrogen) atoms. The molecule has 1 aromatic carbocycles. The number of nitrogens with zero attached hydrogens (tertiary/aromatic N) is 2. The van der Waals surface area contributed by atoms with Crippen LogP contribution in [0.25, 0.3) is 5.69 Å². The standard InChI is InChI=1S/C14H10F2N2O2/c15-7-1-2-10(9(16)5-7)18-11-4-6-3-8(6)12(11)13(17-18)14(19)20/h1-2,5-6,8H,3-4H2,(H,19,20). The van der Waals surface area contributed by atoms with Gasteiger partial charge in [0.1, 0.15) is 11.5 Å². The molecule has 2 unspecified atom stereocenters. The van der Waals surface area contributed by atoms with Crippen molar-refractivity contribution in [2.45, 2.75) is 18.8 Å². The van der Waals surface area contributed by atoms with E-state index in [0.29, 0.717) is 12.3 Å². The predicted molar refractivity (Wildman–Crippen MR) is 65.0 cm³/mol. The monoisotopic (exact) mass is 276 g/mol. The fourth-order valence-corrected chi connectivity index (χ4v) is 3.14. The van der Waals surface area contributed by atoms with E-state index in [1.165, 1.54) is 10.7 Å². The number of hydrogen-bond acceptors (Lipinski definition) is 2. The zero-order chi connectivity index (χ0) is 14.0. The van der Waals surface area contributed by atoms with Crippen LogP contribution < -0.4 is 0 Å². The molecule has 4 nitrogen and oxygen atoms in total. The third-order valence-corrected chi connectivity index (χ3v) is 4.11. The largest absolute Gasteiger partial charge is 0.476 e. The molecule has 1 aromatic heterocycles. The van der Waals surface area contributed by atoms with Gasteiger partial charge in [-0.2, -0.15) is 5.10 Å². The Bertz CT molecular complexity index is 754. The van der Waals surface area contributed by atoms with Crippen LogP contribution in [0, 0.1) is 17.6 Å². The maximum atomic E-state index is 13.9. The van der Waals surface area contributed by atoms with Crippen molar-refractivity contribution in [2.24, 2.45) is 5.92 Å². The zero-order valence-electron chi connectivity index (χ0n) is 10.3. The van der Waals surface area contributed by atoms with E-state index in [0.717, 1.165) is 29.8 Å². The average molecular weight is 276 g/mol. The summed E-state index contributed by atoms with van der Waals surface area (Å²) in [6.45, 7) is 0. The molecule has 6 heteroatoms. The van der Waals surface area contributed by atoms with Gasteiger partial charge in [0.05, 0.1) is 0 Å². The highest BCUT2D eigenvalue weighted by atomic mass is 19.1. The molecule has 0 radical (unpaired) electrons. The summed E-state index contributed by atoms with van der Waals surface area (Å²) < 4.78 is 28.2. The maximum Gasteiger partial charge on any atom is 0.356 e. The lowest BCUT2D eigenvalue weighted by atomic mass is 10.1. The molecule has 0 spiro atoms. The lowest BCUT2D eigenvalue weighted by Crippen LogP contribution is -2.06. The first-order valence-electron chi connectivity index (χ1n) is 6.36. The van der Waals surface area contributed by atoms with Crippen molar-refractivity contribution in [1.82, 2.24) is 9.78 Å². The predicted octanol–water partition coefficient (Wildman–Crippen LogP) is 2.51. The van der Waals surface area contributed by atoms with Crippen molar-refractivity contribution in [1.29, 1.82) is 0 Å². The van der Waals surface area contributed by atoms with E-state index >= 15 is 0 Å². The van der Waals surface area contributed by atoms with Crippen molar-refractivity contribution in [3.63, 3.8) is 0 Å². The van der Waals surface area contributed by atoms with Gasteiger partial charge >= 0.3 is 5.97 Å². The molecule has 0 saturated heterocycles. The number of carboxylic acid groups (broad SMARTS) is 1. The van der Waals surface area contributed by atoms with Gasteiger partial charge in [-0.1, -0.05) is 0 Å². The van der Waals surface area contributed by atoms with E-state index in [-0.39, 0.29) is 17.3 Å². The molecule has 0 amide bonds. The van der Waals surface area contributed by atoms with E-state index in [4.69, 9.17) is 0 Å². The summed E-state index contributed by atoms with van der Waals surface area (Å²) in [4.78, 5) is 11.3. The summed E-state index contributed by atoms with van der Waals surface area (Å²) >= 11 is 0. The number of carboxylic acids is 1. The van der Waals surface area contributed by atoms with Crippen molar-refractivity contribution < 1.29 is 18.7 Å². The van der Waals surface area contributed by atoms with Gasteiger partial charge in [0, 0.05) is 17.3 Å². The van der Waals surface area contributed by atoms with Crippen molar-refractivity contribution >= 4 is 5.97 Å². The Morgan fingerprint density at radius 2 is 2.20 bits per heavy atom. The Labute approximate surface area is 112 Å². The topological polar surface area (TPSA) is 55.1 Å². The van der Waals surface area contributed by atoms with Crippen LogP contribution in [-0.4, -0.2) is 20.9 Å². The molecule has 1 fully saturated rings. The molecule has 2 aliphatic rings. The van der Waals surface area contributed by atoms with Crippen molar-refractivity contribution in [3.8, 4) is 5.69 Å². The van der Waals surface area contributed by atoms with E-state index in [9.17, 15) is 18.7 Å². The minimum Gasteiger partial charge on any atom is -0.476 e. The summed E-state index contributed by atoms with van der Waals surface area (Å²) in [6, 6.07) is 3.20. The van der Waals surface area contributed by atoms with E-state index < -0.39 is 17.6 Å². The van der Waals surface area contributed by atoms with E-state index in [1.807, 2.05) is 0 Å². The first kappa shape index (κ1) is 11.6. The van der Waals surface area contributed by atoms with E-state index in [1.54, 1.807) is 0 Å². The van der Waals surface area contributed by atoms with Crippen LogP contribution in [-0.2, 0) is 6.42 Å². The Balaban J connectivity index is 1.93. The number of aromatic nitrogens is 2. The van der Waals surface area contributed by atoms with Gasteiger partial charge in [-0.3, -0.25) is 0 Å². The zero-order valence-corrected chi connectivity index (χ0v) is 10.3. The van der Waals surface area contributed by atoms with Crippen molar-refractivity contribution in [2.75, 3.05) is 0 Å². The molecule has 2 atom stereocenters. The molecular formula is C14H10F2N2O2. The smallest absolute Gasteiger partial charge is 0.356 e. The molecule has 0 aliphatic heterocycles. The molecule has 1 saturated carbocycles. The molecular weight excluding hydrogens is 266 g/mol. The number of aromatic carboxylic acids is 1. The highest BCUT2D eigenvalue weighted by molar-refractivity contribution is 5.88. The molecule has 2 aliphatic carbocycles. The Kier molecular flexibility index (Phi) is 2.11. The first-order chi connectivity index (χ1) is 9.56. The second-order valence-electron chi connectivity index (χ2n) is 5.33. The second kappa shape index (κ2) is 3.65. The lowest BCUT2D eigenvalue weighted by molar-refractivity contribution is 0.0688. The van der Waals surface area contributed by atoms with Gasteiger partial charge in [-0.05, 0) is 36.8 Å². The summed E-state index contributed by atoms with van der Waals surface area (Å²) in [5.41, 5.74) is 1.56. The fourth-order valence-electron chi connectivity index (χ4n) is 3.14. The molecule has 1 N–H and O–H groups in total. The number of carbonyl (C=O) groups is 1. The number of rotatable bonds is 2. The highest BCUT2D eigenvalue weighted by Crippen LogP contribution is 2.57.